The van der Waals surface area contributed by atoms with Crippen LogP contribution in [0.1, 0.15) is 26.3 Å². The van der Waals surface area contributed by atoms with E-state index in [1.807, 2.05) is 0 Å². The summed E-state index contributed by atoms with van der Waals surface area (Å²) in [5.41, 5.74) is 1.55. The molecule has 0 N–H and O–H groups in total. The lowest BCUT2D eigenvalue weighted by Gasteiger charge is -2.21. The molecule has 0 fully saturated rings. The first-order chi connectivity index (χ1) is 7.00. The third kappa shape index (κ3) is 1.93. The van der Waals surface area contributed by atoms with Crippen molar-refractivity contribution in [2.45, 2.75) is 26.2 Å². The Morgan fingerprint density at radius 2 is 1.60 bits per heavy atom. The van der Waals surface area contributed by atoms with Gasteiger partial charge in [0.05, 0.1) is 0 Å². The Morgan fingerprint density at radius 3 is 2.27 bits per heavy atom. The summed E-state index contributed by atoms with van der Waals surface area (Å²) < 4.78 is 1.23. The van der Waals surface area contributed by atoms with Crippen LogP contribution in [0.3, 0.4) is 0 Å². The van der Waals surface area contributed by atoms with Crippen LogP contribution >= 0.6 is 15.9 Å². The quantitative estimate of drug-likeness (QED) is 0.634. The lowest BCUT2D eigenvalue weighted by Crippen LogP contribution is -2.11. The van der Waals surface area contributed by atoms with E-state index in [2.05, 4.69) is 73.1 Å². The molecule has 0 saturated heterocycles. The fourth-order valence-corrected chi connectivity index (χ4v) is 2.90. The average molecular weight is 263 g/mol. The van der Waals surface area contributed by atoms with Gasteiger partial charge in [0.25, 0.3) is 0 Å². The summed E-state index contributed by atoms with van der Waals surface area (Å²) in [5, 5.41) is 2.59. The van der Waals surface area contributed by atoms with Gasteiger partial charge in [0.1, 0.15) is 0 Å². The van der Waals surface area contributed by atoms with Crippen molar-refractivity contribution in [2.75, 3.05) is 0 Å². The molecule has 0 nitrogen and oxygen atoms in total. The Morgan fingerprint density at radius 1 is 0.933 bits per heavy atom. The van der Waals surface area contributed by atoms with Crippen molar-refractivity contribution >= 4 is 26.7 Å². The van der Waals surface area contributed by atoms with Gasteiger partial charge in [0.2, 0.25) is 0 Å². The molecule has 2 aromatic rings. The smallest absolute Gasteiger partial charge is 0.0291 e. The Balaban J connectivity index is 2.76. The second kappa shape index (κ2) is 3.64. The molecule has 2 aromatic carbocycles. The first-order valence-electron chi connectivity index (χ1n) is 5.18. The summed E-state index contributed by atoms with van der Waals surface area (Å²) in [4.78, 5) is 0. The molecule has 0 radical (unpaired) electrons. The first kappa shape index (κ1) is 10.7. The Kier molecular flexibility index (Phi) is 2.59. The van der Waals surface area contributed by atoms with Gasteiger partial charge in [-0.05, 0) is 37.7 Å². The molecule has 0 atom stereocenters. The Labute approximate surface area is 99.4 Å². The Hall–Kier alpha value is -0.820. The molecule has 2 rings (SSSR count). The van der Waals surface area contributed by atoms with Crippen LogP contribution in [0.15, 0.2) is 40.9 Å². The first-order valence-corrected chi connectivity index (χ1v) is 5.97. The van der Waals surface area contributed by atoms with Gasteiger partial charge < -0.3 is 0 Å². The summed E-state index contributed by atoms with van der Waals surface area (Å²) in [6.45, 7) is 6.71. The minimum atomic E-state index is 0.183. The van der Waals surface area contributed by atoms with E-state index < -0.39 is 0 Å². The summed E-state index contributed by atoms with van der Waals surface area (Å²) in [6, 6.07) is 12.9. The maximum Gasteiger partial charge on any atom is 0.0291 e. The second-order valence-corrected chi connectivity index (χ2v) is 5.69. The molecule has 0 aliphatic carbocycles. The van der Waals surface area contributed by atoms with E-state index >= 15 is 0 Å². The fourth-order valence-electron chi connectivity index (χ4n) is 1.81. The SMILES string of the molecule is CC(C)(C)c1ccc2ccccc2c1Br. The molecule has 1 heteroatoms. The molecule has 0 spiro atoms. The number of rotatable bonds is 0. The summed E-state index contributed by atoms with van der Waals surface area (Å²) >= 11 is 3.72. The van der Waals surface area contributed by atoms with Crippen molar-refractivity contribution in [3.05, 3.63) is 46.4 Å². The molecular formula is C14H15Br. The number of benzene rings is 2. The Bertz CT molecular complexity index is 492. The van der Waals surface area contributed by atoms with E-state index in [1.165, 1.54) is 20.8 Å². The maximum atomic E-state index is 3.72. The topological polar surface area (TPSA) is 0 Å². The molecule has 0 unspecified atom stereocenters. The van der Waals surface area contributed by atoms with Gasteiger partial charge in [0.15, 0.2) is 0 Å². The molecular weight excluding hydrogens is 248 g/mol. The maximum absolute atomic E-state index is 3.72. The van der Waals surface area contributed by atoms with Crippen LogP contribution in [-0.2, 0) is 5.41 Å². The summed E-state index contributed by atoms with van der Waals surface area (Å²) in [7, 11) is 0. The van der Waals surface area contributed by atoms with Crippen molar-refractivity contribution in [3.63, 3.8) is 0 Å². The van der Waals surface area contributed by atoms with Crippen molar-refractivity contribution in [1.29, 1.82) is 0 Å². The standard InChI is InChI=1S/C14H15Br/c1-14(2,3)12-9-8-10-6-4-5-7-11(10)13(12)15/h4-9H,1-3H3. The van der Waals surface area contributed by atoms with Gasteiger partial charge in [-0.3, -0.25) is 0 Å². The molecule has 0 aliphatic rings. The van der Waals surface area contributed by atoms with Gasteiger partial charge in [-0.2, -0.15) is 0 Å². The average Bonchev–Trinajstić information content (AvgIpc) is 2.16. The molecule has 0 heterocycles. The highest BCUT2D eigenvalue weighted by Gasteiger charge is 2.17. The highest BCUT2D eigenvalue weighted by atomic mass is 79.9. The normalized spacial score (nSPS) is 12.0. The highest BCUT2D eigenvalue weighted by molar-refractivity contribution is 9.10. The van der Waals surface area contributed by atoms with Crippen molar-refractivity contribution in [2.24, 2.45) is 0 Å². The lowest BCUT2D eigenvalue weighted by molar-refractivity contribution is 0.588. The number of fused-ring (bicyclic) bond motifs is 1. The zero-order valence-corrected chi connectivity index (χ0v) is 10.9. The van der Waals surface area contributed by atoms with E-state index in [1.54, 1.807) is 0 Å². The van der Waals surface area contributed by atoms with E-state index in [4.69, 9.17) is 0 Å². The summed E-state index contributed by atoms with van der Waals surface area (Å²) in [6.07, 6.45) is 0. The molecule has 0 bridgehead atoms. The van der Waals surface area contributed by atoms with Crippen LogP contribution in [-0.4, -0.2) is 0 Å². The van der Waals surface area contributed by atoms with E-state index in [0.717, 1.165) is 0 Å². The lowest BCUT2D eigenvalue weighted by atomic mass is 9.86. The molecule has 78 valence electrons. The molecule has 0 amide bonds. The highest BCUT2D eigenvalue weighted by Crippen LogP contribution is 2.34. The van der Waals surface area contributed by atoms with Crippen molar-refractivity contribution < 1.29 is 0 Å². The van der Waals surface area contributed by atoms with E-state index in [-0.39, 0.29) is 5.41 Å². The van der Waals surface area contributed by atoms with Gasteiger partial charge >= 0.3 is 0 Å². The van der Waals surface area contributed by atoms with E-state index in [0.29, 0.717) is 0 Å². The zero-order valence-electron chi connectivity index (χ0n) is 9.34. The fraction of sp³-hybridized carbons (Fsp3) is 0.286. The van der Waals surface area contributed by atoms with Crippen LogP contribution in [0.25, 0.3) is 10.8 Å². The minimum Gasteiger partial charge on any atom is -0.0616 e. The third-order valence-corrected chi connectivity index (χ3v) is 3.53. The summed E-state index contributed by atoms with van der Waals surface area (Å²) in [5.74, 6) is 0. The molecule has 15 heavy (non-hydrogen) atoms. The van der Waals surface area contributed by atoms with Crippen molar-refractivity contribution in [3.8, 4) is 0 Å². The molecule has 0 aliphatic heterocycles. The van der Waals surface area contributed by atoms with Crippen LogP contribution in [0, 0.1) is 0 Å². The van der Waals surface area contributed by atoms with Gasteiger partial charge in [-0.15, -0.1) is 0 Å². The zero-order chi connectivity index (χ0) is 11.1. The van der Waals surface area contributed by atoms with Crippen LogP contribution < -0.4 is 0 Å². The number of hydrogen-bond donors (Lipinski definition) is 0. The largest absolute Gasteiger partial charge is 0.0616 e. The van der Waals surface area contributed by atoms with Crippen LogP contribution in [0.2, 0.25) is 0 Å². The van der Waals surface area contributed by atoms with Gasteiger partial charge in [-0.25, -0.2) is 0 Å². The monoisotopic (exact) mass is 262 g/mol. The van der Waals surface area contributed by atoms with Crippen LogP contribution in [0.5, 0.6) is 0 Å². The molecule has 0 saturated carbocycles. The van der Waals surface area contributed by atoms with Gasteiger partial charge in [-0.1, -0.05) is 57.2 Å². The second-order valence-electron chi connectivity index (χ2n) is 4.90. The van der Waals surface area contributed by atoms with Crippen LogP contribution in [0.4, 0.5) is 0 Å². The minimum absolute atomic E-state index is 0.183. The number of hydrogen-bond acceptors (Lipinski definition) is 0. The predicted molar refractivity (Wildman–Crippen MR) is 70.3 cm³/mol. The predicted octanol–water partition coefficient (Wildman–Crippen LogP) is 4.90. The van der Waals surface area contributed by atoms with E-state index in [9.17, 15) is 0 Å². The third-order valence-electron chi connectivity index (χ3n) is 2.67. The van der Waals surface area contributed by atoms with Gasteiger partial charge in [0, 0.05) is 4.47 Å². The number of halogens is 1. The molecule has 0 aromatic heterocycles. The van der Waals surface area contributed by atoms with Crippen molar-refractivity contribution in [1.82, 2.24) is 0 Å².